The van der Waals surface area contributed by atoms with Gasteiger partial charge < -0.3 is 4.74 Å². The number of anilines is 1. The Morgan fingerprint density at radius 1 is 1.43 bits per heavy atom. The molecule has 21 heavy (non-hydrogen) atoms. The Kier molecular flexibility index (Phi) is 4.66. The van der Waals surface area contributed by atoms with E-state index in [-0.39, 0.29) is 12.1 Å². The highest BCUT2D eigenvalue weighted by atomic mass is 79.9. The molecule has 0 bridgehead atoms. The lowest BCUT2D eigenvalue weighted by atomic mass is 9.93. The molecule has 1 atom stereocenters. The molecule has 1 aromatic carbocycles. The third-order valence-electron chi connectivity index (χ3n) is 3.79. The number of hydrogen-bond acceptors (Lipinski definition) is 2. The second-order valence-corrected chi connectivity index (χ2v) is 7.54. The molecule has 1 heterocycles. The molecular formula is C17H24BrNO2. The lowest BCUT2D eigenvalue weighted by molar-refractivity contribution is 0.0559. The van der Waals surface area contributed by atoms with Crippen LogP contribution in [0.3, 0.4) is 0 Å². The van der Waals surface area contributed by atoms with Crippen molar-refractivity contribution < 1.29 is 9.53 Å². The average Bonchev–Trinajstić information content (AvgIpc) is 2.36. The van der Waals surface area contributed by atoms with Gasteiger partial charge in [-0.1, -0.05) is 28.9 Å². The van der Waals surface area contributed by atoms with Crippen molar-refractivity contribution in [3.63, 3.8) is 0 Å². The van der Waals surface area contributed by atoms with E-state index in [9.17, 15) is 4.79 Å². The molecule has 1 unspecified atom stereocenters. The Morgan fingerprint density at radius 3 is 2.67 bits per heavy atom. The minimum Gasteiger partial charge on any atom is -0.443 e. The van der Waals surface area contributed by atoms with Crippen LogP contribution in [0.5, 0.6) is 0 Å². The number of amides is 1. The van der Waals surface area contributed by atoms with Gasteiger partial charge in [-0.15, -0.1) is 0 Å². The van der Waals surface area contributed by atoms with E-state index >= 15 is 0 Å². The summed E-state index contributed by atoms with van der Waals surface area (Å²) in [6.45, 7) is 9.91. The fraction of sp³-hybridized carbons (Fsp3) is 0.588. The predicted molar refractivity (Wildman–Crippen MR) is 90.0 cm³/mol. The summed E-state index contributed by atoms with van der Waals surface area (Å²) < 4.78 is 6.64. The lowest BCUT2D eigenvalue weighted by Gasteiger charge is -2.38. The Morgan fingerprint density at radius 2 is 2.10 bits per heavy atom. The first-order valence-corrected chi connectivity index (χ1v) is 8.33. The molecular weight excluding hydrogens is 330 g/mol. The molecule has 0 N–H and O–H groups in total. The highest BCUT2D eigenvalue weighted by Crippen LogP contribution is 2.36. The molecule has 1 aliphatic rings. The van der Waals surface area contributed by atoms with Crippen molar-refractivity contribution in [2.45, 2.75) is 65.5 Å². The van der Waals surface area contributed by atoms with Crippen LogP contribution in [-0.4, -0.2) is 17.7 Å². The van der Waals surface area contributed by atoms with E-state index in [0.29, 0.717) is 0 Å². The van der Waals surface area contributed by atoms with Crippen LogP contribution in [0.2, 0.25) is 0 Å². The molecule has 1 amide bonds. The molecule has 0 saturated heterocycles. The van der Waals surface area contributed by atoms with Gasteiger partial charge in [-0.2, -0.15) is 0 Å². The zero-order valence-corrected chi connectivity index (χ0v) is 15.1. The van der Waals surface area contributed by atoms with Crippen LogP contribution in [0, 0.1) is 6.92 Å². The van der Waals surface area contributed by atoms with Gasteiger partial charge in [0.05, 0.1) is 5.69 Å². The van der Waals surface area contributed by atoms with E-state index in [1.165, 1.54) is 11.1 Å². The van der Waals surface area contributed by atoms with E-state index in [4.69, 9.17) is 4.74 Å². The monoisotopic (exact) mass is 353 g/mol. The zero-order valence-electron chi connectivity index (χ0n) is 13.5. The number of benzene rings is 1. The number of rotatable bonds is 1. The van der Waals surface area contributed by atoms with Gasteiger partial charge in [-0.3, -0.25) is 4.90 Å². The normalized spacial score (nSPS) is 18.4. The molecule has 0 aliphatic carbocycles. The molecule has 0 spiro atoms. The average molecular weight is 354 g/mol. The van der Waals surface area contributed by atoms with Gasteiger partial charge in [-0.05, 0) is 64.2 Å². The lowest BCUT2D eigenvalue weighted by Crippen LogP contribution is -2.46. The van der Waals surface area contributed by atoms with Crippen molar-refractivity contribution in [3.05, 3.63) is 27.7 Å². The van der Waals surface area contributed by atoms with Gasteiger partial charge in [0, 0.05) is 10.5 Å². The van der Waals surface area contributed by atoms with Gasteiger partial charge in [0.15, 0.2) is 0 Å². The summed E-state index contributed by atoms with van der Waals surface area (Å²) in [5, 5.41) is 0. The summed E-state index contributed by atoms with van der Waals surface area (Å²) >= 11 is 3.58. The van der Waals surface area contributed by atoms with Crippen molar-refractivity contribution in [1.82, 2.24) is 0 Å². The van der Waals surface area contributed by atoms with Crippen LogP contribution in [0.4, 0.5) is 10.5 Å². The maximum atomic E-state index is 12.6. The zero-order chi connectivity index (χ0) is 15.8. The van der Waals surface area contributed by atoms with Gasteiger partial charge in [0.1, 0.15) is 5.60 Å². The smallest absolute Gasteiger partial charge is 0.415 e. The number of hydrogen-bond donors (Lipinski definition) is 0. The van der Waals surface area contributed by atoms with E-state index in [2.05, 4.69) is 41.9 Å². The van der Waals surface area contributed by atoms with E-state index < -0.39 is 5.60 Å². The van der Waals surface area contributed by atoms with E-state index in [1.807, 2.05) is 25.7 Å². The first kappa shape index (κ1) is 16.3. The molecule has 1 aliphatic heterocycles. The summed E-state index contributed by atoms with van der Waals surface area (Å²) in [6, 6.07) is 4.43. The van der Waals surface area contributed by atoms with Gasteiger partial charge in [0.25, 0.3) is 0 Å². The molecule has 116 valence electrons. The second kappa shape index (κ2) is 5.99. The summed E-state index contributed by atoms with van der Waals surface area (Å²) in [4.78, 5) is 14.5. The highest BCUT2D eigenvalue weighted by molar-refractivity contribution is 9.10. The molecule has 4 heteroatoms. The van der Waals surface area contributed by atoms with E-state index in [0.717, 1.165) is 29.4 Å². The van der Waals surface area contributed by atoms with Crippen molar-refractivity contribution in [1.29, 1.82) is 0 Å². The predicted octanol–water partition coefficient (Wildman–Crippen LogP) is 5.22. The van der Waals surface area contributed by atoms with Crippen LogP contribution in [0.1, 0.15) is 51.7 Å². The fourth-order valence-corrected chi connectivity index (χ4v) is 3.08. The van der Waals surface area contributed by atoms with Crippen molar-refractivity contribution in [2.24, 2.45) is 0 Å². The highest BCUT2D eigenvalue weighted by Gasteiger charge is 2.33. The SMILES string of the molecule is CCC1CCc2cc(C)c(Br)cc2N1C(=O)OC(C)(C)C. The summed E-state index contributed by atoms with van der Waals surface area (Å²) in [6.07, 6.45) is 2.70. The molecule has 1 aromatic rings. The van der Waals surface area contributed by atoms with Crippen LogP contribution < -0.4 is 4.90 Å². The summed E-state index contributed by atoms with van der Waals surface area (Å²) in [5.74, 6) is 0. The van der Waals surface area contributed by atoms with Gasteiger partial charge in [0.2, 0.25) is 0 Å². The quantitative estimate of drug-likeness (QED) is 0.692. The standard InChI is InChI=1S/C17H24BrNO2/c1-6-13-8-7-12-9-11(2)14(18)10-15(12)19(13)16(20)21-17(3,4)5/h9-10,13H,6-8H2,1-5H3. The number of fused-ring (bicyclic) bond motifs is 1. The van der Waals surface area contributed by atoms with Crippen molar-refractivity contribution in [3.8, 4) is 0 Å². The third-order valence-corrected chi connectivity index (χ3v) is 4.65. The molecule has 0 fully saturated rings. The summed E-state index contributed by atoms with van der Waals surface area (Å²) in [5.41, 5.74) is 2.94. The number of nitrogens with zero attached hydrogens (tertiary/aromatic N) is 1. The maximum Gasteiger partial charge on any atom is 0.415 e. The Bertz CT molecular complexity index is 548. The third kappa shape index (κ3) is 3.60. The van der Waals surface area contributed by atoms with Crippen molar-refractivity contribution in [2.75, 3.05) is 4.90 Å². The minimum atomic E-state index is -0.477. The van der Waals surface area contributed by atoms with Crippen LogP contribution >= 0.6 is 15.9 Å². The number of ether oxygens (including phenoxy) is 1. The van der Waals surface area contributed by atoms with Gasteiger partial charge >= 0.3 is 6.09 Å². The number of halogens is 1. The van der Waals surface area contributed by atoms with Crippen molar-refractivity contribution >= 4 is 27.7 Å². The van der Waals surface area contributed by atoms with Crippen LogP contribution in [0.15, 0.2) is 16.6 Å². The largest absolute Gasteiger partial charge is 0.443 e. The van der Waals surface area contributed by atoms with E-state index in [1.54, 1.807) is 0 Å². The fourth-order valence-electron chi connectivity index (χ4n) is 2.75. The molecule has 0 saturated carbocycles. The Balaban J connectivity index is 2.42. The molecule has 2 rings (SSSR count). The second-order valence-electron chi connectivity index (χ2n) is 6.68. The minimum absolute atomic E-state index is 0.210. The Hall–Kier alpha value is -1.03. The molecule has 0 radical (unpaired) electrons. The molecule has 3 nitrogen and oxygen atoms in total. The Labute approximate surface area is 135 Å². The molecule has 0 aromatic heterocycles. The van der Waals surface area contributed by atoms with Crippen LogP contribution in [0.25, 0.3) is 0 Å². The van der Waals surface area contributed by atoms with Crippen LogP contribution in [-0.2, 0) is 11.2 Å². The summed E-state index contributed by atoms with van der Waals surface area (Å²) in [7, 11) is 0. The first-order valence-electron chi connectivity index (χ1n) is 7.54. The topological polar surface area (TPSA) is 29.5 Å². The van der Waals surface area contributed by atoms with Gasteiger partial charge in [-0.25, -0.2) is 4.79 Å². The number of aryl methyl sites for hydroxylation is 2. The first-order chi connectivity index (χ1) is 9.73. The number of carbonyl (C=O) groups is 1. The number of carbonyl (C=O) groups excluding carboxylic acids is 1. The maximum absolute atomic E-state index is 12.6.